The minimum absolute atomic E-state index is 0.0755. The molecule has 1 saturated heterocycles. The molecule has 2 rings (SSSR count). The molecule has 0 saturated carbocycles. The summed E-state index contributed by atoms with van der Waals surface area (Å²) in [7, 11) is 0. The fourth-order valence-electron chi connectivity index (χ4n) is 4.76. The molecule has 3 amide bonds. The van der Waals surface area contributed by atoms with Crippen molar-refractivity contribution in [3.8, 4) is 0 Å². The van der Waals surface area contributed by atoms with Crippen molar-refractivity contribution in [2.45, 2.75) is 84.9 Å². The summed E-state index contributed by atoms with van der Waals surface area (Å²) in [4.78, 5) is 50.7. The molecule has 0 bridgehead atoms. The number of urea groups is 1. The Hall–Kier alpha value is -2.81. The van der Waals surface area contributed by atoms with Gasteiger partial charge in [-0.1, -0.05) is 51.4 Å². The van der Waals surface area contributed by atoms with Gasteiger partial charge in [-0.25, -0.2) is 4.79 Å². The molecule has 9 nitrogen and oxygen atoms in total. The number of nitrogens with zero attached hydrogens (tertiary/aromatic N) is 1. The Labute approximate surface area is 224 Å². The van der Waals surface area contributed by atoms with Gasteiger partial charge in [0, 0.05) is 31.0 Å². The summed E-state index contributed by atoms with van der Waals surface area (Å²) in [5.41, 5.74) is -0.324. The number of halogens is 1. The topological polar surface area (TPSA) is 125 Å². The first-order valence-corrected chi connectivity index (χ1v) is 13.1. The molecule has 1 aromatic rings. The normalized spacial score (nSPS) is 18.2. The molecule has 0 aliphatic carbocycles. The summed E-state index contributed by atoms with van der Waals surface area (Å²) in [6.07, 6.45) is 0.719. The molecular weight excluding hydrogens is 498 g/mol. The van der Waals surface area contributed by atoms with Gasteiger partial charge in [-0.15, -0.1) is 0 Å². The van der Waals surface area contributed by atoms with E-state index < -0.39 is 29.7 Å². The highest BCUT2D eigenvalue weighted by molar-refractivity contribution is 6.30. The number of esters is 1. The lowest BCUT2D eigenvalue weighted by Crippen LogP contribution is -2.59. The van der Waals surface area contributed by atoms with Crippen LogP contribution >= 0.6 is 11.6 Å². The smallest absolute Gasteiger partial charge is 0.318 e. The lowest BCUT2D eigenvalue weighted by molar-refractivity contribution is -0.158. The first-order chi connectivity index (χ1) is 17.1. The van der Waals surface area contributed by atoms with E-state index in [0.29, 0.717) is 18.1 Å². The number of carbonyl (C=O) groups is 4. The standard InChI is InChI=1S/C27H40ClN3O6/c1-17(2)23(29-25(36)30-27(5,6)37-22(34)9-7-8-21(32)33)24(35)31-15-14-20(26(3,4)16-31)18-10-12-19(28)13-11-18/h10-13,17,20,23H,7-9,14-16H2,1-6H3,(H,32,33)(H2,29,30,36). The van der Waals surface area contributed by atoms with Gasteiger partial charge in [0.2, 0.25) is 5.91 Å². The fourth-order valence-corrected chi connectivity index (χ4v) is 4.89. The number of carboxylic acids is 1. The first kappa shape index (κ1) is 30.4. The van der Waals surface area contributed by atoms with E-state index in [0.717, 1.165) is 6.42 Å². The van der Waals surface area contributed by atoms with Gasteiger partial charge in [-0.2, -0.15) is 0 Å². The Morgan fingerprint density at radius 2 is 1.78 bits per heavy atom. The number of hydrogen-bond donors (Lipinski definition) is 3. The number of likely N-dealkylation sites (tertiary alicyclic amines) is 1. The molecule has 10 heteroatoms. The molecule has 2 unspecified atom stereocenters. The van der Waals surface area contributed by atoms with Gasteiger partial charge >= 0.3 is 18.0 Å². The van der Waals surface area contributed by atoms with Crippen LogP contribution in [0.15, 0.2) is 24.3 Å². The SMILES string of the molecule is CC(C)C(NC(=O)NC(C)(C)OC(=O)CCCC(=O)O)C(=O)N1CCC(c2ccc(Cl)cc2)C(C)(C)C1. The van der Waals surface area contributed by atoms with E-state index in [-0.39, 0.29) is 42.4 Å². The number of amides is 3. The van der Waals surface area contributed by atoms with E-state index in [2.05, 4.69) is 24.5 Å². The largest absolute Gasteiger partial charge is 0.481 e. The maximum Gasteiger partial charge on any atom is 0.318 e. The van der Waals surface area contributed by atoms with Crippen LogP contribution in [0.3, 0.4) is 0 Å². The molecule has 206 valence electrons. The molecule has 1 aromatic carbocycles. The number of nitrogens with one attached hydrogen (secondary N) is 2. The Bertz CT molecular complexity index is 977. The maximum absolute atomic E-state index is 13.5. The summed E-state index contributed by atoms with van der Waals surface area (Å²) in [5.74, 6) is -1.66. The summed E-state index contributed by atoms with van der Waals surface area (Å²) >= 11 is 6.05. The molecule has 1 aliphatic heterocycles. The molecule has 37 heavy (non-hydrogen) atoms. The minimum atomic E-state index is -1.34. The average Bonchev–Trinajstić information content (AvgIpc) is 2.76. The number of rotatable bonds is 10. The van der Waals surface area contributed by atoms with Gasteiger partial charge in [-0.3, -0.25) is 14.4 Å². The number of carbonyl (C=O) groups excluding carboxylic acids is 3. The van der Waals surface area contributed by atoms with E-state index in [1.165, 1.54) is 19.4 Å². The van der Waals surface area contributed by atoms with Gasteiger partial charge < -0.3 is 25.4 Å². The van der Waals surface area contributed by atoms with Crippen molar-refractivity contribution in [2.24, 2.45) is 11.3 Å². The van der Waals surface area contributed by atoms with Crippen LogP contribution in [0.1, 0.15) is 78.7 Å². The molecule has 1 heterocycles. The van der Waals surface area contributed by atoms with Crippen LogP contribution in [0.2, 0.25) is 5.02 Å². The highest BCUT2D eigenvalue weighted by Crippen LogP contribution is 2.42. The van der Waals surface area contributed by atoms with Crippen LogP contribution in [-0.4, -0.2) is 58.7 Å². The molecule has 3 N–H and O–H groups in total. The third-order valence-corrected chi connectivity index (χ3v) is 6.84. The first-order valence-electron chi connectivity index (χ1n) is 12.7. The third kappa shape index (κ3) is 9.22. The molecule has 1 fully saturated rings. The quantitative estimate of drug-likeness (QED) is 0.297. The Kier molecular flexibility index (Phi) is 10.4. The van der Waals surface area contributed by atoms with E-state index in [9.17, 15) is 19.2 Å². The maximum atomic E-state index is 13.5. The van der Waals surface area contributed by atoms with Crippen LogP contribution in [0.25, 0.3) is 0 Å². The van der Waals surface area contributed by atoms with E-state index >= 15 is 0 Å². The lowest BCUT2D eigenvalue weighted by Gasteiger charge is -2.45. The van der Waals surface area contributed by atoms with E-state index in [1.54, 1.807) is 0 Å². The minimum Gasteiger partial charge on any atom is -0.481 e. The molecule has 0 spiro atoms. The Morgan fingerprint density at radius 3 is 2.32 bits per heavy atom. The summed E-state index contributed by atoms with van der Waals surface area (Å²) in [6, 6.07) is 6.45. The van der Waals surface area contributed by atoms with E-state index in [4.69, 9.17) is 21.4 Å². The summed E-state index contributed by atoms with van der Waals surface area (Å²) < 4.78 is 5.29. The van der Waals surface area contributed by atoms with E-state index in [1.807, 2.05) is 43.0 Å². The highest BCUT2D eigenvalue weighted by Gasteiger charge is 2.40. The van der Waals surface area contributed by atoms with Gasteiger partial charge in [-0.05, 0) is 61.6 Å². The number of carboxylic acid groups (broad SMARTS) is 1. The average molecular weight is 538 g/mol. The van der Waals surface area contributed by atoms with Crippen molar-refractivity contribution in [1.82, 2.24) is 15.5 Å². The molecule has 0 radical (unpaired) electrons. The van der Waals surface area contributed by atoms with Gasteiger partial charge in [0.25, 0.3) is 0 Å². The van der Waals surface area contributed by atoms with Crippen molar-refractivity contribution in [2.75, 3.05) is 13.1 Å². The fraction of sp³-hybridized carbons (Fsp3) is 0.630. The van der Waals surface area contributed by atoms with Crippen molar-refractivity contribution < 1.29 is 29.0 Å². The number of ether oxygens (including phenoxy) is 1. The van der Waals surface area contributed by atoms with Crippen molar-refractivity contribution in [1.29, 1.82) is 0 Å². The summed E-state index contributed by atoms with van der Waals surface area (Å²) in [5, 5.41) is 14.7. The Morgan fingerprint density at radius 1 is 1.16 bits per heavy atom. The van der Waals surface area contributed by atoms with Crippen molar-refractivity contribution >= 4 is 35.5 Å². The molecule has 0 aromatic heterocycles. The van der Waals surface area contributed by atoms with Crippen LogP contribution in [0, 0.1) is 11.3 Å². The molecule has 2 atom stereocenters. The predicted octanol–water partition coefficient (Wildman–Crippen LogP) is 4.54. The number of benzene rings is 1. The zero-order valence-electron chi connectivity index (χ0n) is 22.6. The number of piperidine rings is 1. The molecule has 1 aliphatic rings. The predicted molar refractivity (Wildman–Crippen MR) is 141 cm³/mol. The number of aliphatic carboxylic acids is 1. The van der Waals surface area contributed by atoms with Gasteiger partial charge in [0.15, 0.2) is 5.72 Å². The van der Waals surface area contributed by atoms with Crippen LogP contribution in [0.4, 0.5) is 4.79 Å². The zero-order valence-corrected chi connectivity index (χ0v) is 23.4. The Balaban J connectivity index is 1.98. The third-order valence-electron chi connectivity index (χ3n) is 6.59. The second-order valence-electron chi connectivity index (χ2n) is 11.2. The van der Waals surface area contributed by atoms with Crippen LogP contribution in [-0.2, 0) is 19.1 Å². The van der Waals surface area contributed by atoms with Gasteiger partial charge in [0.1, 0.15) is 6.04 Å². The lowest BCUT2D eigenvalue weighted by atomic mass is 9.70. The van der Waals surface area contributed by atoms with Crippen molar-refractivity contribution in [3.63, 3.8) is 0 Å². The van der Waals surface area contributed by atoms with Crippen molar-refractivity contribution in [3.05, 3.63) is 34.9 Å². The number of hydrogen-bond acceptors (Lipinski definition) is 5. The second kappa shape index (κ2) is 12.6. The molecular formula is C27H40ClN3O6. The van der Waals surface area contributed by atoms with Crippen LogP contribution < -0.4 is 10.6 Å². The second-order valence-corrected chi connectivity index (χ2v) is 11.6. The zero-order chi connectivity index (χ0) is 28.0. The van der Waals surface area contributed by atoms with Crippen LogP contribution in [0.5, 0.6) is 0 Å². The van der Waals surface area contributed by atoms with Gasteiger partial charge in [0.05, 0.1) is 0 Å². The monoisotopic (exact) mass is 537 g/mol. The highest BCUT2D eigenvalue weighted by atomic mass is 35.5. The summed E-state index contributed by atoms with van der Waals surface area (Å²) in [6.45, 7) is 12.2.